The van der Waals surface area contributed by atoms with Crippen molar-refractivity contribution in [2.75, 3.05) is 26.7 Å². The van der Waals surface area contributed by atoms with E-state index in [-0.39, 0.29) is 0 Å². The second-order valence-corrected chi connectivity index (χ2v) is 7.70. The Morgan fingerprint density at radius 3 is 2.64 bits per heavy atom. The van der Waals surface area contributed by atoms with Crippen molar-refractivity contribution >= 4 is 5.96 Å². The molecule has 0 aliphatic carbocycles. The number of aryl methyl sites for hydroxylation is 1. The molecule has 0 unspecified atom stereocenters. The highest BCUT2D eigenvalue weighted by atomic mass is 15.3. The zero-order valence-corrected chi connectivity index (χ0v) is 17.3. The zero-order valence-electron chi connectivity index (χ0n) is 17.3. The van der Waals surface area contributed by atoms with Gasteiger partial charge >= 0.3 is 0 Å². The molecule has 3 rings (SSSR count). The van der Waals surface area contributed by atoms with Crippen molar-refractivity contribution in [1.82, 2.24) is 25.3 Å². The van der Waals surface area contributed by atoms with Crippen molar-refractivity contribution in [1.29, 1.82) is 0 Å². The summed E-state index contributed by atoms with van der Waals surface area (Å²) in [5.74, 6) is 1.72. The first-order chi connectivity index (χ1) is 13.7. The van der Waals surface area contributed by atoms with Gasteiger partial charge in [-0.3, -0.25) is 14.6 Å². The van der Waals surface area contributed by atoms with Crippen molar-refractivity contribution in [2.24, 2.45) is 10.9 Å². The zero-order chi connectivity index (χ0) is 19.6. The van der Waals surface area contributed by atoms with Gasteiger partial charge in [-0.25, -0.2) is 0 Å². The van der Waals surface area contributed by atoms with Gasteiger partial charge in [0.15, 0.2) is 5.96 Å². The van der Waals surface area contributed by atoms with Crippen LogP contribution in [0.1, 0.15) is 37.3 Å². The second kappa shape index (κ2) is 10.9. The van der Waals surface area contributed by atoms with Crippen LogP contribution >= 0.6 is 0 Å². The molecule has 6 heteroatoms. The van der Waals surface area contributed by atoms with E-state index in [1.54, 1.807) is 0 Å². The fourth-order valence-corrected chi connectivity index (χ4v) is 3.63. The van der Waals surface area contributed by atoms with Crippen LogP contribution in [0.2, 0.25) is 0 Å². The van der Waals surface area contributed by atoms with Gasteiger partial charge in [-0.05, 0) is 55.5 Å². The van der Waals surface area contributed by atoms with Crippen molar-refractivity contribution in [3.8, 4) is 0 Å². The molecule has 1 fully saturated rings. The number of guanidine groups is 1. The summed E-state index contributed by atoms with van der Waals surface area (Å²) in [6.45, 7) is 8.40. The topological polar surface area (TPSA) is 57.5 Å². The minimum Gasteiger partial charge on any atom is -0.356 e. The van der Waals surface area contributed by atoms with Crippen LogP contribution in [0.15, 0.2) is 47.7 Å². The average molecular weight is 383 g/mol. The molecule has 2 N–H and O–H groups in total. The van der Waals surface area contributed by atoms with E-state index in [0.29, 0.717) is 0 Å². The van der Waals surface area contributed by atoms with E-state index >= 15 is 0 Å². The monoisotopic (exact) mass is 382 g/mol. The lowest BCUT2D eigenvalue weighted by atomic mass is 9.98. The third kappa shape index (κ3) is 6.37. The quantitative estimate of drug-likeness (QED) is 0.419. The van der Waals surface area contributed by atoms with Gasteiger partial charge in [0.25, 0.3) is 0 Å². The Hall–Kier alpha value is -2.34. The number of aromatic nitrogens is 2. The van der Waals surface area contributed by atoms with E-state index in [1.165, 1.54) is 37.1 Å². The number of hydrogen-bond acceptors (Lipinski definition) is 3. The lowest BCUT2D eigenvalue weighted by molar-refractivity contribution is 0.185. The highest BCUT2D eigenvalue weighted by molar-refractivity contribution is 5.79. The third-order valence-corrected chi connectivity index (χ3v) is 5.47. The van der Waals surface area contributed by atoms with Crippen LogP contribution in [-0.4, -0.2) is 47.3 Å². The number of nitrogens with zero attached hydrogens (tertiary/aromatic N) is 4. The van der Waals surface area contributed by atoms with Gasteiger partial charge in [0.2, 0.25) is 0 Å². The van der Waals surface area contributed by atoms with Crippen molar-refractivity contribution in [2.45, 2.75) is 45.8 Å². The molecule has 0 amide bonds. The number of rotatable bonds is 8. The van der Waals surface area contributed by atoms with Gasteiger partial charge in [-0.15, -0.1) is 0 Å². The molecule has 1 aliphatic heterocycles. The Morgan fingerprint density at radius 2 is 1.93 bits per heavy atom. The Kier molecular flexibility index (Phi) is 7.91. The first kappa shape index (κ1) is 20.4. The number of hydrogen-bond donors (Lipinski definition) is 2. The van der Waals surface area contributed by atoms with Crippen LogP contribution in [0.4, 0.5) is 0 Å². The molecule has 0 saturated carbocycles. The summed E-state index contributed by atoms with van der Waals surface area (Å²) < 4.78 is 1.95. The molecule has 1 aromatic heterocycles. The third-order valence-electron chi connectivity index (χ3n) is 5.47. The van der Waals surface area contributed by atoms with E-state index < -0.39 is 0 Å². The van der Waals surface area contributed by atoms with Crippen molar-refractivity contribution < 1.29 is 0 Å². The highest BCUT2D eigenvalue weighted by Crippen LogP contribution is 2.19. The van der Waals surface area contributed by atoms with Crippen LogP contribution in [0.5, 0.6) is 0 Å². The maximum absolute atomic E-state index is 4.35. The first-order valence-corrected chi connectivity index (χ1v) is 10.5. The lowest BCUT2D eigenvalue weighted by Gasteiger charge is -2.30. The van der Waals surface area contributed by atoms with Gasteiger partial charge in [-0.2, -0.15) is 5.10 Å². The average Bonchev–Trinajstić information content (AvgIpc) is 3.24. The Balaban J connectivity index is 1.44. The molecule has 1 aromatic carbocycles. The standard InChI is InChI=1S/C22H34N6/c1-19-9-15-27(16-10-19)18-21-8-4-3-7-20(21)17-25-22(23-2)24-11-5-13-28-14-6-12-26-28/h3-4,6-8,12,14,19H,5,9-11,13,15-18H2,1-2H3,(H2,23,24,25). The predicted octanol–water partition coefficient (Wildman–Crippen LogP) is 2.87. The summed E-state index contributed by atoms with van der Waals surface area (Å²) in [5.41, 5.74) is 2.76. The van der Waals surface area contributed by atoms with Crippen LogP contribution in [0.3, 0.4) is 0 Å². The molecule has 152 valence electrons. The van der Waals surface area contributed by atoms with Crippen LogP contribution in [0, 0.1) is 5.92 Å². The number of benzene rings is 1. The van der Waals surface area contributed by atoms with E-state index in [2.05, 4.69) is 56.8 Å². The molecule has 1 saturated heterocycles. The normalized spacial score (nSPS) is 16.3. The fraction of sp³-hybridized carbons (Fsp3) is 0.545. The van der Waals surface area contributed by atoms with E-state index in [4.69, 9.17) is 0 Å². The Morgan fingerprint density at radius 1 is 1.14 bits per heavy atom. The molecule has 0 atom stereocenters. The molecule has 0 bridgehead atoms. The Bertz CT molecular complexity index is 716. The van der Waals surface area contributed by atoms with E-state index in [9.17, 15) is 0 Å². The summed E-state index contributed by atoms with van der Waals surface area (Å²) in [5, 5.41) is 11.1. The molecule has 2 aromatic rings. The number of aliphatic imine (C=N–C) groups is 1. The summed E-state index contributed by atoms with van der Waals surface area (Å²) in [6, 6.07) is 10.7. The van der Waals surface area contributed by atoms with Crippen LogP contribution in [-0.2, 0) is 19.6 Å². The molecule has 0 radical (unpaired) electrons. The van der Waals surface area contributed by atoms with Gasteiger partial charge in [0, 0.05) is 45.6 Å². The molecule has 28 heavy (non-hydrogen) atoms. The van der Waals surface area contributed by atoms with Crippen LogP contribution in [0.25, 0.3) is 0 Å². The molecular weight excluding hydrogens is 348 g/mol. The van der Waals surface area contributed by atoms with Gasteiger partial charge < -0.3 is 10.6 Å². The largest absolute Gasteiger partial charge is 0.356 e. The highest BCUT2D eigenvalue weighted by Gasteiger charge is 2.16. The van der Waals surface area contributed by atoms with E-state index in [0.717, 1.165) is 44.5 Å². The number of likely N-dealkylation sites (tertiary alicyclic amines) is 1. The summed E-state index contributed by atoms with van der Waals surface area (Å²) in [6.07, 6.45) is 7.44. The van der Waals surface area contributed by atoms with Gasteiger partial charge in [-0.1, -0.05) is 31.2 Å². The molecular formula is C22H34N6. The van der Waals surface area contributed by atoms with Crippen molar-refractivity contribution in [3.63, 3.8) is 0 Å². The molecule has 6 nitrogen and oxygen atoms in total. The summed E-state index contributed by atoms with van der Waals surface area (Å²) >= 11 is 0. The smallest absolute Gasteiger partial charge is 0.191 e. The first-order valence-electron chi connectivity index (χ1n) is 10.5. The molecule has 0 spiro atoms. The maximum atomic E-state index is 4.35. The summed E-state index contributed by atoms with van der Waals surface area (Å²) in [4.78, 5) is 6.94. The SMILES string of the molecule is CN=C(NCCCn1cccn1)NCc1ccccc1CN1CCC(C)CC1. The molecule has 1 aliphatic rings. The van der Waals surface area contributed by atoms with Gasteiger partial charge in [0.1, 0.15) is 0 Å². The second-order valence-electron chi connectivity index (χ2n) is 7.70. The van der Waals surface area contributed by atoms with Gasteiger partial charge in [0.05, 0.1) is 0 Å². The number of piperidine rings is 1. The minimum absolute atomic E-state index is 0.791. The Labute approximate surface area is 169 Å². The van der Waals surface area contributed by atoms with Crippen molar-refractivity contribution in [3.05, 3.63) is 53.9 Å². The van der Waals surface area contributed by atoms with Crippen LogP contribution < -0.4 is 10.6 Å². The lowest BCUT2D eigenvalue weighted by Crippen LogP contribution is -2.38. The maximum Gasteiger partial charge on any atom is 0.191 e. The number of nitrogens with one attached hydrogen (secondary N) is 2. The molecule has 2 heterocycles. The summed E-state index contributed by atoms with van der Waals surface area (Å²) in [7, 11) is 1.82. The van der Waals surface area contributed by atoms with E-state index in [1.807, 2.05) is 30.2 Å². The minimum atomic E-state index is 0.791. The fourth-order valence-electron chi connectivity index (χ4n) is 3.63. The predicted molar refractivity (Wildman–Crippen MR) is 115 cm³/mol.